The first-order valence-electron chi connectivity index (χ1n) is 5.24. The number of fused-ring (bicyclic) bond motifs is 1. The van der Waals surface area contributed by atoms with Crippen LogP contribution in [-0.4, -0.2) is 30.2 Å². The van der Waals surface area contributed by atoms with Crippen LogP contribution >= 0.6 is 0 Å². The van der Waals surface area contributed by atoms with Crippen molar-refractivity contribution in [3.8, 4) is 0 Å². The maximum Gasteiger partial charge on any atom is 0.0981 e. The van der Waals surface area contributed by atoms with Crippen LogP contribution in [0.4, 0.5) is 0 Å². The zero-order valence-electron chi connectivity index (χ0n) is 8.44. The number of hydrogen-bond donors (Lipinski definition) is 0. The highest BCUT2D eigenvalue weighted by Crippen LogP contribution is 2.31. The van der Waals surface area contributed by atoms with E-state index in [1.165, 1.54) is 11.1 Å². The molecule has 2 heterocycles. The molecule has 2 atom stereocenters. The van der Waals surface area contributed by atoms with Crippen molar-refractivity contribution >= 4 is 0 Å². The lowest BCUT2D eigenvalue weighted by molar-refractivity contribution is 0.198. The van der Waals surface area contributed by atoms with Crippen LogP contribution in [0.2, 0.25) is 0 Å². The molecule has 14 heavy (non-hydrogen) atoms. The molecule has 0 N–H and O–H groups in total. The summed E-state index contributed by atoms with van der Waals surface area (Å²) in [7, 11) is 0. The number of benzene rings is 1. The topological polar surface area (TPSA) is 15.8 Å². The molecule has 2 aliphatic heterocycles. The maximum atomic E-state index is 5.40. The highest BCUT2D eigenvalue weighted by Gasteiger charge is 2.46. The highest BCUT2D eigenvalue weighted by molar-refractivity contribution is 5.21. The molecule has 0 aliphatic carbocycles. The minimum atomic E-state index is 0.556. The van der Waals surface area contributed by atoms with E-state index in [0.29, 0.717) is 12.2 Å². The van der Waals surface area contributed by atoms with Gasteiger partial charge in [0.05, 0.1) is 12.2 Å². The standard InChI is InChI=1S/C12H15NO/c1-9-2-4-10(5-3-9)6-13-7-11-12(8-13)14-11/h2-5,11-12H,6-8H2,1H3. The lowest BCUT2D eigenvalue weighted by Crippen LogP contribution is -2.23. The Bertz CT molecular complexity index is 323. The molecule has 0 bridgehead atoms. The monoisotopic (exact) mass is 189 g/mol. The van der Waals surface area contributed by atoms with E-state index in [1.807, 2.05) is 0 Å². The number of nitrogens with zero attached hydrogens (tertiary/aromatic N) is 1. The number of likely N-dealkylation sites (tertiary alicyclic amines) is 1. The molecular formula is C12H15NO. The van der Waals surface area contributed by atoms with Gasteiger partial charge in [-0.05, 0) is 12.5 Å². The summed E-state index contributed by atoms with van der Waals surface area (Å²) in [5, 5.41) is 0. The van der Waals surface area contributed by atoms with E-state index in [2.05, 4.69) is 36.1 Å². The smallest absolute Gasteiger partial charge is 0.0981 e. The summed E-state index contributed by atoms with van der Waals surface area (Å²) in [5.41, 5.74) is 2.75. The van der Waals surface area contributed by atoms with Gasteiger partial charge in [0, 0.05) is 19.6 Å². The third-order valence-corrected chi connectivity index (χ3v) is 3.09. The van der Waals surface area contributed by atoms with Crippen molar-refractivity contribution in [2.45, 2.75) is 25.7 Å². The molecule has 0 amide bonds. The first-order chi connectivity index (χ1) is 6.81. The molecule has 2 saturated heterocycles. The second kappa shape index (κ2) is 3.07. The van der Waals surface area contributed by atoms with Gasteiger partial charge in [0.1, 0.15) is 0 Å². The molecule has 2 fully saturated rings. The molecule has 0 saturated carbocycles. The Morgan fingerprint density at radius 3 is 2.50 bits per heavy atom. The number of aryl methyl sites for hydroxylation is 1. The van der Waals surface area contributed by atoms with Crippen LogP contribution in [0, 0.1) is 6.92 Å². The van der Waals surface area contributed by atoms with Gasteiger partial charge in [-0.25, -0.2) is 0 Å². The van der Waals surface area contributed by atoms with E-state index in [4.69, 9.17) is 4.74 Å². The average molecular weight is 189 g/mol. The normalized spacial score (nSPS) is 30.4. The van der Waals surface area contributed by atoms with E-state index in [-0.39, 0.29) is 0 Å². The molecule has 3 rings (SSSR count). The molecule has 2 unspecified atom stereocenters. The molecule has 74 valence electrons. The fourth-order valence-electron chi connectivity index (χ4n) is 2.16. The van der Waals surface area contributed by atoms with Gasteiger partial charge in [0.25, 0.3) is 0 Å². The Hall–Kier alpha value is -0.860. The van der Waals surface area contributed by atoms with Crippen molar-refractivity contribution in [1.82, 2.24) is 4.90 Å². The van der Waals surface area contributed by atoms with Crippen LogP contribution in [0.3, 0.4) is 0 Å². The van der Waals surface area contributed by atoms with Crippen LogP contribution in [0.1, 0.15) is 11.1 Å². The lowest BCUT2D eigenvalue weighted by Gasteiger charge is -2.16. The van der Waals surface area contributed by atoms with Gasteiger partial charge in [0.2, 0.25) is 0 Å². The minimum Gasteiger partial charge on any atom is -0.367 e. The zero-order chi connectivity index (χ0) is 9.54. The summed E-state index contributed by atoms with van der Waals surface area (Å²) in [6.45, 7) is 5.45. The average Bonchev–Trinajstić information content (AvgIpc) is 2.79. The largest absolute Gasteiger partial charge is 0.367 e. The van der Waals surface area contributed by atoms with E-state index in [9.17, 15) is 0 Å². The Kier molecular flexibility index (Phi) is 1.85. The molecule has 2 aliphatic rings. The molecule has 2 heteroatoms. The molecular weight excluding hydrogens is 174 g/mol. The summed E-state index contributed by atoms with van der Waals surface area (Å²) in [6, 6.07) is 8.81. The highest BCUT2D eigenvalue weighted by atomic mass is 16.6. The number of morpholine rings is 1. The van der Waals surface area contributed by atoms with E-state index in [1.54, 1.807) is 0 Å². The maximum absolute atomic E-state index is 5.40. The predicted molar refractivity (Wildman–Crippen MR) is 55.1 cm³/mol. The van der Waals surface area contributed by atoms with Crippen LogP contribution in [0.25, 0.3) is 0 Å². The molecule has 0 spiro atoms. The number of rotatable bonds is 2. The van der Waals surface area contributed by atoms with Crippen molar-refractivity contribution < 1.29 is 4.74 Å². The summed E-state index contributed by atoms with van der Waals surface area (Å²) < 4.78 is 5.40. The van der Waals surface area contributed by atoms with E-state index in [0.717, 1.165) is 19.6 Å². The van der Waals surface area contributed by atoms with Gasteiger partial charge >= 0.3 is 0 Å². The second-order valence-electron chi connectivity index (χ2n) is 4.39. The summed E-state index contributed by atoms with van der Waals surface area (Å²) in [5.74, 6) is 0. The Morgan fingerprint density at radius 1 is 1.21 bits per heavy atom. The van der Waals surface area contributed by atoms with Gasteiger partial charge in [-0.1, -0.05) is 29.8 Å². The summed E-state index contributed by atoms with van der Waals surface area (Å²) in [4.78, 5) is 2.48. The van der Waals surface area contributed by atoms with Crippen molar-refractivity contribution in [2.75, 3.05) is 13.1 Å². The second-order valence-corrected chi connectivity index (χ2v) is 4.39. The van der Waals surface area contributed by atoms with Gasteiger partial charge in [-0.2, -0.15) is 0 Å². The van der Waals surface area contributed by atoms with Gasteiger partial charge in [0.15, 0.2) is 0 Å². The van der Waals surface area contributed by atoms with Crippen LogP contribution in [0.15, 0.2) is 24.3 Å². The number of epoxide rings is 1. The first kappa shape index (κ1) is 8.45. The van der Waals surface area contributed by atoms with E-state index >= 15 is 0 Å². The number of ether oxygens (including phenoxy) is 1. The molecule has 2 nitrogen and oxygen atoms in total. The van der Waals surface area contributed by atoms with Crippen LogP contribution < -0.4 is 0 Å². The van der Waals surface area contributed by atoms with Crippen molar-refractivity contribution in [3.63, 3.8) is 0 Å². The van der Waals surface area contributed by atoms with Crippen molar-refractivity contribution in [1.29, 1.82) is 0 Å². The quantitative estimate of drug-likeness (QED) is 0.656. The van der Waals surface area contributed by atoms with Crippen molar-refractivity contribution in [3.05, 3.63) is 35.4 Å². The fraction of sp³-hybridized carbons (Fsp3) is 0.500. The Balaban J connectivity index is 1.64. The Morgan fingerprint density at radius 2 is 1.86 bits per heavy atom. The number of hydrogen-bond acceptors (Lipinski definition) is 2. The molecule has 0 radical (unpaired) electrons. The third kappa shape index (κ3) is 1.56. The molecule has 0 aromatic heterocycles. The third-order valence-electron chi connectivity index (χ3n) is 3.09. The van der Waals surface area contributed by atoms with Crippen LogP contribution in [-0.2, 0) is 11.3 Å². The molecule has 1 aromatic carbocycles. The van der Waals surface area contributed by atoms with Crippen molar-refractivity contribution in [2.24, 2.45) is 0 Å². The van der Waals surface area contributed by atoms with Gasteiger partial charge < -0.3 is 4.74 Å². The minimum absolute atomic E-state index is 0.556. The fourth-order valence-corrected chi connectivity index (χ4v) is 2.16. The van der Waals surface area contributed by atoms with Crippen LogP contribution in [0.5, 0.6) is 0 Å². The van der Waals surface area contributed by atoms with Gasteiger partial charge in [-0.3, -0.25) is 4.90 Å². The summed E-state index contributed by atoms with van der Waals surface area (Å²) >= 11 is 0. The Labute approximate surface area is 84.5 Å². The zero-order valence-corrected chi connectivity index (χ0v) is 8.44. The van der Waals surface area contributed by atoms with Gasteiger partial charge in [-0.15, -0.1) is 0 Å². The first-order valence-corrected chi connectivity index (χ1v) is 5.24. The SMILES string of the molecule is Cc1ccc(CN2CC3OC3C2)cc1. The molecule has 1 aromatic rings. The predicted octanol–water partition coefficient (Wildman–Crippen LogP) is 1.58. The lowest BCUT2D eigenvalue weighted by atomic mass is 10.1. The summed E-state index contributed by atoms with van der Waals surface area (Å²) in [6.07, 6.45) is 1.11. The van der Waals surface area contributed by atoms with E-state index < -0.39 is 0 Å².